The Morgan fingerprint density at radius 1 is 1.50 bits per heavy atom. The van der Waals surface area contributed by atoms with Gasteiger partial charge in [-0.1, -0.05) is 11.6 Å². The molecule has 0 unspecified atom stereocenters. The first-order chi connectivity index (χ1) is 6.72. The average Bonchev–Trinajstić information content (AvgIpc) is 3.00. The molecule has 0 spiro atoms. The predicted octanol–water partition coefficient (Wildman–Crippen LogP) is 3.00. The van der Waals surface area contributed by atoms with Crippen molar-refractivity contribution in [1.29, 1.82) is 0 Å². The van der Waals surface area contributed by atoms with E-state index in [9.17, 15) is 4.79 Å². The lowest BCUT2D eigenvalue weighted by Crippen LogP contribution is -2.04. The van der Waals surface area contributed by atoms with Gasteiger partial charge in [0.25, 0.3) is 0 Å². The average molecular weight is 211 g/mol. The van der Waals surface area contributed by atoms with Crippen molar-refractivity contribution < 1.29 is 9.53 Å². The second-order valence-corrected chi connectivity index (χ2v) is 3.93. The quantitative estimate of drug-likeness (QED) is 0.702. The summed E-state index contributed by atoms with van der Waals surface area (Å²) < 4.78 is 4.71. The summed E-state index contributed by atoms with van der Waals surface area (Å²) >= 11 is 5.88. The predicted molar refractivity (Wildman–Crippen MR) is 54.8 cm³/mol. The van der Waals surface area contributed by atoms with Gasteiger partial charge in [-0.2, -0.15) is 0 Å². The second-order valence-electron chi connectivity index (χ2n) is 3.50. The van der Waals surface area contributed by atoms with E-state index < -0.39 is 0 Å². The highest BCUT2D eigenvalue weighted by Crippen LogP contribution is 2.42. The molecule has 2 rings (SSSR count). The highest BCUT2D eigenvalue weighted by molar-refractivity contribution is 6.30. The van der Waals surface area contributed by atoms with Crippen LogP contribution >= 0.6 is 11.6 Å². The van der Waals surface area contributed by atoms with E-state index in [-0.39, 0.29) is 5.97 Å². The standard InChI is InChI=1S/C11H11ClO2/c1-14-11(13)9-5-4-8(12)6-10(9)7-2-3-7/h4-7H,2-3H2,1H3. The van der Waals surface area contributed by atoms with Gasteiger partial charge < -0.3 is 4.74 Å². The first-order valence-electron chi connectivity index (χ1n) is 4.60. The number of hydrogen-bond acceptors (Lipinski definition) is 2. The maximum Gasteiger partial charge on any atom is 0.338 e. The molecule has 1 aliphatic carbocycles. The molecule has 0 bridgehead atoms. The monoisotopic (exact) mass is 210 g/mol. The minimum atomic E-state index is -0.274. The Hall–Kier alpha value is -1.02. The van der Waals surface area contributed by atoms with Gasteiger partial charge >= 0.3 is 5.97 Å². The van der Waals surface area contributed by atoms with Crippen molar-refractivity contribution in [3.05, 3.63) is 34.3 Å². The van der Waals surface area contributed by atoms with Crippen molar-refractivity contribution in [3.63, 3.8) is 0 Å². The van der Waals surface area contributed by atoms with Crippen LogP contribution < -0.4 is 0 Å². The Morgan fingerprint density at radius 3 is 2.79 bits per heavy atom. The van der Waals surface area contributed by atoms with Gasteiger partial charge in [0.1, 0.15) is 0 Å². The zero-order chi connectivity index (χ0) is 10.1. The maximum atomic E-state index is 11.4. The summed E-state index contributed by atoms with van der Waals surface area (Å²) in [6.45, 7) is 0. The topological polar surface area (TPSA) is 26.3 Å². The zero-order valence-electron chi connectivity index (χ0n) is 7.92. The molecular formula is C11H11ClO2. The van der Waals surface area contributed by atoms with Crippen LogP contribution in [-0.2, 0) is 4.74 Å². The van der Waals surface area contributed by atoms with E-state index in [4.69, 9.17) is 16.3 Å². The number of ether oxygens (including phenoxy) is 1. The van der Waals surface area contributed by atoms with Gasteiger partial charge in [0.15, 0.2) is 0 Å². The maximum absolute atomic E-state index is 11.4. The number of carbonyl (C=O) groups excluding carboxylic acids is 1. The number of rotatable bonds is 2. The molecule has 0 amide bonds. The van der Waals surface area contributed by atoms with Crippen LogP contribution in [0, 0.1) is 0 Å². The minimum Gasteiger partial charge on any atom is -0.465 e. The van der Waals surface area contributed by atoms with E-state index in [1.807, 2.05) is 6.07 Å². The third-order valence-corrected chi connectivity index (χ3v) is 2.67. The van der Waals surface area contributed by atoms with Gasteiger partial charge in [-0.15, -0.1) is 0 Å². The fraction of sp³-hybridized carbons (Fsp3) is 0.364. The van der Waals surface area contributed by atoms with Crippen LogP contribution in [0.25, 0.3) is 0 Å². The van der Waals surface area contributed by atoms with Crippen molar-refractivity contribution in [2.75, 3.05) is 7.11 Å². The minimum absolute atomic E-state index is 0.274. The van der Waals surface area contributed by atoms with Crippen molar-refractivity contribution >= 4 is 17.6 Å². The van der Waals surface area contributed by atoms with Crippen LogP contribution in [0.4, 0.5) is 0 Å². The van der Waals surface area contributed by atoms with Crippen LogP contribution in [0.5, 0.6) is 0 Å². The van der Waals surface area contributed by atoms with Crippen molar-refractivity contribution in [1.82, 2.24) is 0 Å². The van der Waals surface area contributed by atoms with E-state index in [2.05, 4.69) is 0 Å². The third kappa shape index (κ3) is 1.75. The lowest BCUT2D eigenvalue weighted by molar-refractivity contribution is 0.0599. The Kier molecular flexibility index (Phi) is 2.46. The van der Waals surface area contributed by atoms with Crippen LogP contribution in [0.2, 0.25) is 5.02 Å². The lowest BCUT2D eigenvalue weighted by Gasteiger charge is -2.06. The lowest BCUT2D eigenvalue weighted by atomic mass is 10.0. The van der Waals surface area contributed by atoms with Crippen LogP contribution in [0.15, 0.2) is 18.2 Å². The molecule has 3 heteroatoms. The number of methoxy groups -OCH3 is 1. The summed E-state index contributed by atoms with van der Waals surface area (Å²) in [7, 11) is 1.40. The Balaban J connectivity index is 2.42. The molecule has 0 heterocycles. The molecule has 0 atom stereocenters. The molecule has 0 N–H and O–H groups in total. The van der Waals surface area contributed by atoms with Crippen molar-refractivity contribution in [2.45, 2.75) is 18.8 Å². The van der Waals surface area contributed by atoms with E-state index in [1.165, 1.54) is 7.11 Å². The van der Waals surface area contributed by atoms with E-state index in [0.717, 1.165) is 18.4 Å². The van der Waals surface area contributed by atoms with E-state index in [1.54, 1.807) is 12.1 Å². The molecule has 1 aliphatic rings. The molecule has 1 aromatic rings. The Bertz CT molecular complexity index is 370. The molecule has 0 radical (unpaired) electrons. The second kappa shape index (κ2) is 3.62. The SMILES string of the molecule is COC(=O)c1ccc(Cl)cc1C1CC1. The molecule has 14 heavy (non-hydrogen) atoms. The largest absolute Gasteiger partial charge is 0.465 e. The number of halogens is 1. The number of carbonyl (C=O) groups is 1. The van der Waals surface area contributed by atoms with Gasteiger partial charge in [-0.05, 0) is 42.5 Å². The fourth-order valence-electron chi connectivity index (χ4n) is 1.56. The van der Waals surface area contributed by atoms with Gasteiger partial charge in [0, 0.05) is 5.02 Å². The van der Waals surface area contributed by atoms with Gasteiger partial charge in [0.2, 0.25) is 0 Å². The summed E-state index contributed by atoms with van der Waals surface area (Å²) in [6.07, 6.45) is 2.29. The molecule has 1 fully saturated rings. The number of esters is 1. The normalized spacial score (nSPS) is 15.3. The number of benzene rings is 1. The first kappa shape index (κ1) is 9.53. The number of hydrogen-bond donors (Lipinski definition) is 0. The van der Waals surface area contributed by atoms with Gasteiger partial charge in [-0.25, -0.2) is 4.79 Å². The smallest absolute Gasteiger partial charge is 0.338 e. The van der Waals surface area contributed by atoms with Crippen LogP contribution in [-0.4, -0.2) is 13.1 Å². The summed E-state index contributed by atoms with van der Waals surface area (Å²) in [5, 5.41) is 0.680. The molecule has 0 aromatic heterocycles. The zero-order valence-corrected chi connectivity index (χ0v) is 8.67. The van der Waals surface area contributed by atoms with Crippen LogP contribution in [0.1, 0.15) is 34.7 Å². The van der Waals surface area contributed by atoms with E-state index in [0.29, 0.717) is 16.5 Å². The summed E-state index contributed by atoms with van der Waals surface area (Å²) in [6, 6.07) is 5.33. The molecule has 74 valence electrons. The fourth-order valence-corrected chi connectivity index (χ4v) is 1.74. The van der Waals surface area contributed by atoms with Crippen molar-refractivity contribution in [3.8, 4) is 0 Å². The van der Waals surface area contributed by atoms with Crippen molar-refractivity contribution in [2.24, 2.45) is 0 Å². The summed E-state index contributed by atoms with van der Waals surface area (Å²) in [5.74, 6) is 0.228. The molecule has 1 saturated carbocycles. The Morgan fingerprint density at radius 2 is 2.21 bits per heavy atom. The van der Waals surface area contributed by atoms with E-state index >= 15 is 0 Å². The summed E-state index contributed by atoms with van der Waals surface area (Å²) in [5.41, 5.74) is 1.68. The highest BCUT2D eigenvalue weighted by Gasteiger charge is 2.28. The molecule has 2 nitrogen and oxygen atoms in total. The van der Waals surface area contributed by atoms with Crippen LogP contribution in [0.3, 0.4) is 0 Å². The molecule has 1 aromatic carbocycles. The summed E-state index contributed by atoms with van der Waals surface area (Å²) in [4.78, 5) is 11.4. The third-order valence-electron chi connectivity index (χ3n) is 2.44. The molecule has 0 aliphatic heterocycles. The Labute approximate surface area is 87.8 Å². The van der Waals surface area contributed by atoms with Gasteiger partial charge in [0.05, 0.1) is 12.7 Å². The highest BCUT2D eigenvalue weighted by atomic mass is 35.5. The molecular weight excluding hydrogens is 200 g/mol. The molecule has 0 saturated heterocycles. The van der Waals surface area contributed by atoms with Gasteiger partial charge in [-0.3, -0.25) is 0 Å². The first-order valence-corrected chi connectivity index (χ1v) is 4.98.